The molecule has 40 valence electrons. The van der Waals surface area contributed by atoms with E-state index in [1.807, 2.05) is 0 Å². The van der Waals surface area contributed by atoms with Crippen molar-refractivity contribution in [2.45, 2.75) is 19.3 Å². The number of aliphatic imine (C=N–C) groups is 1. The van der Waals surface area contributed by atoms with Crippen LogP contribution in [0.2, 0.25) is 0 Å². The van der Waals surface area contributed by atoms with E-state index >= 15 is 0 Å². The lowest BCUT2D eigenvalue weighted by atomic mass is 9.86. The number of rotatable bonds is 2. The van der Waals surface area contributed by atoms with Gasteiger partial charge in [-0.15, -0.1) is 0 Å². The van der Waals surface area contributed by atoms with Crippen LogP contribution in [-0.4, -0.2) is 13.3 Å². The highest BCUT2D eigenvalue weighted by atomic mass is 14.7. The third-order valence-corrected chi connectivity index (χ3v) is 1.61. The van der Waals surface area contributed by atoms with Gasteiger partial charge >= 0.3 is 0 Å². The topological polar surface area (TPSA) is 12.4 Å². The predicted molar refractivity (Wildman–Crippen MR) is 31.8 cm³/mol. The van der Waals surface area contributed by atoms with Crippen LogP contribution in [0.15, 0.2) is 4.99 Å². The van der Waals surface area contributed by atoms with Gasteiger partial charge in [0.15, 0.2) is 0 Å². The molecule has 0 heterocycles. The van der Waals surface area contributed by atoms with Crippen LogP contribution in [0.3, 0.4) is 0 Å². The molecule has 0 unspecified atom stereocenters. The molecule has 1 nitrogen and oxygen atoms in total. The van der Waals surface area contributed by atoms with E-state index in [9.17, 15) is 0 Å². The predicted octanol–water partition coefficient (Wildman–Crippen LogP) is 1.49. The molecule has 1 aliphatic rings. The van der Waals surface area contributed by atoms with Gasteiger partial charge in [-0.1, -0.05) is 6.42 Å². The van der Waals surface area contributed by atoms with Crippen molar-refractivity contribution < 1.29 is 0 Å². The van der Waals surface area contributed by atoms with Gasteiger partial charge < -0.3 is 4.99 Å². The van der Waals surface area contributed by atoms with E-state index < -0.39 is 0 Å². The number of nitrogens with zero attached hydrogens (tertiary/aromatic N) is 1. The van der Waals surface area contributed by atoms with E-state index in [2.05, 4.69) is 11.7 Å². The summed E-state index contributed by atoms with van der Waals surface area (Å²) in [6, 6.07) is 0. The molecule has 0 aromatic heterocycles. The van der Waals surface area contributed by atoms with Crippen molar-refractivity contribution in [3.05, 3.63) is 0 Å². The van der Waals surface area contributed by atoms with Crippen LogP contribution in [0.4, 0.5) is 0 Å². The molecule has 0 bridgehead atoms. The smallest absolute Gasteiger partial charge is 0.0410 e. The Bertz CT molecular complexity index is 64.6. The summed E-state index contributed by atoms with van der Waals surface area (Å²) in [4.78, 5) is 3.81. The van der Waals surface area contributed by atoms with Gasteiger partial charge in [-0.05, 0) is 25.5 Å². The first-order valence-electron chi connectivity index (χ1n) is 2.86. The first-order chi connectivity index (χ1) is 3.43. The molecule has 0 atom stereocenters. The molecule has 0 N–H and O–H groups in total. The molecule has 0 saturated heterocycles. The maximum Gasteiger partial charge on any atom is 0.0410 e. The van der Waals surface area contributed by atoms with Crippen LogP contribution in [0.1, 0.15) is 19.3 Å². The summed E-state index contributed by atoms with van der Waals surface area (Å²) in [5.74, 6) is 0.900. The fourth-order valence-electron chi connectivity index (χ4n) is 0.858. The minimum absolute atomic E-state index is 0.900. The molecule has 1 rings (SSSR count). The average molecular weight is 97.2 g/mol. The summed E-state index contributed by atoms with van der Waals surface area (Å²) in [7, 11) is 0. The molecule has 0 aliphatic heterocycles. The second-order valence-electron chi connectivity index (χ2n) is 2.20. The summed E-state index contributed by atoms with van der Waals surface area (Å²) in [5, 5.41) is 0. The van der Waals surface area contributed by atoms with Crippen LogP contribution >= 0.6 is 0 Å². The van der Waals surface area contributed by atoms with Crippen LogP contribution < -0.4 is 0 Å². The van der Waals surface area contributed by atoms with Crippen molar-refractivity contribution in [1.29, 1.82) is 0 Å². The van der Waals surface area contributed by atoms with Crippen molar-refractivity contribution >= 4 is 6.72 Å². The number of hydrogen-bond acceptors (Lipinski definition) is 1. The van der Waals surface area contributed by atoms with Gasteiger partial charge in [-0.25, -0.2) is 0 Å². The maximum atomic E-state index is 3.81. The summed E-state index contributed by atoms with van der Waals surface area (Å²) in [6.45, 7) is 4.43. The van der Waals surface area contributed by atoms with Gasteiger partial charge in [-0.2, -0.15) is 0 Å². The zero-order valence-corrected chi connectivity index (χ0v) is 4.56. The van der Waals surface area contributed by atoms with Crippen LogP contribution in [0, 0.1) is 5.92 Å². The fraction of sp³-hybridized carbons (Fsp3) is 0.833. The SMILES string of the molecule is C=NCC1CCC1. The molecule has 7 heavy (non-hydrogen) atoms. The van der Waals surface area contributed by atoms with Gasteiger partial charge in [0.25, 0.3) is 0 Å². The van der Waals surface area contributed by atoms with Crippen LogP contribution in [-0.2, 0) is 0 Å². The van der Waals surface area contributed by atoms with Gasteiger partial charge in [0.05, 0.1) is 0 Å². The molecule has 1 saturated carbocycles. The molecule has 1 fully saturated rings. The molecule has 1 heteroatoms. The van der Waals surface area contributed by atoms with Crippen molar-refractivity contribution in [3.8, 4) is 0 Å². The van der Waals surface area contributed by atoms with E-state index in [-0.39, 0.29) is 0 Å². The van der Waals surface area contributed by atoms with E-state index in [4.69, 9.17) is 0 Å². The monoisotopic (exact) mass is 97.1 g/mol. The molecule has 0 aromatic rings. The lowest BCUT2D eigenvalue weighted by Gasteiger charge is -2.22. The molecule has 0 radical (unpaired) electrons. The highest BCUT2D eigenvalue weighted by Gasteiger charge is 2.15. The van der Waals surface area contributed by atoms with Crippen molar-refractivity contribution in [2.75, 3.05) is 6.54 Å². The second kappa shape index (κ2) is 2.10. The first-order valence-corrected chi connectivity index (χ1v) is 2.86. The van der Waals surface area contributed by atoms with E-state index in [0.717, 1.165) is 12.5 Å². The zero-order valence-electron chi connectivity index (χ0n) is 4.56. The maximum absolute atomic E-state index is 3.81. The second-order valence-corrected chi connectivity index (χ2v) is 2.20. The van der Waals surface area contributed by atoms with Crippen LogP contribution in [0.25, 0.3) is 0 Å². The Balaban J connectivity index is 2.03. The minimum atomic E-state index is 0.900. The first kappa shape index (κ1) is 4.82. The Morgan fingerprint density at radius 2 is 2.29 bits per heavy atom. The Labute approximate surface area is 44.5 Å². The molecule has 0 spiro atoms. The lowest BCUT2D eigenvalue weighted by molar-refractivity contribution is 0.327. The van der Waals surface area contributed by atoms with E-state index in [1.165, 1.54) is 19.3 Å². The zero-order chi connectivity index (χ0) is 5.11. The minimum Gasteiger partial charge on any atom is -0.301 e. The quantitative estimate of drug-likeness (QED) is 0.463. The molecule has 1 aliphatic carbocycles. The Morgan fingerprint density at radius 3 is 2.43 bits per heavy atom. The fourth-order valence-corrected chi connectivity index (χ4v) is 0.858. The summed E-state index contributed by atoms with van der Waals surface area (Å²) >= 11 is 0. The highest BCUT2D eigenvalue weighted by Crippen LogP contribution is 2.25. The Kier molecular flexibility index (Phi) is 1.45. The van der Waals surface area contributed by atoms with Gasteiger partial charge in [0.2, 0.25) is 0 Å². The summed E-state index contributed by atoms with van der Waals surface area (Å²) in [5.41, 5.74) is 0. The largest absolute Gasteiger partial charge is 0.301 e. The lowest BCUT2D eigenvalue weighted by Crippen LogP contribution is -2.13. The molecule has 0 aromatic carbocycles. The van der Waals surface area contributed by atoms with Gasteiger partial charge in [0.1, 0.15) is 0 Å². The van der Waals surface area contributed by atoms with Crippen LogP contribution in [0.5, 0.6) is 0 Å². The molecular formula is C6H11N. The van der Waals surface area contributed by atoms with Crippen molar-refractivity contribution in [2.24, 2.45) is 10.9 Å². The third kappa shape index (κ3) is 1.02. The van der Waals surface area contributed by atoms with Crippen molar-refractivity contribution in [3.63, 3.8) is 0 Å². The van der Waals surface area contributed by atoms with Crippen molar-refractivity contribution in [1.82, 2.24) is 0 Å². The Hall–Kier alpha value is -0.330. The van der Waals surface area contributed by atoms with Gasteiger partial charge in [0, 0.05) is 6.54 Å². The normalized spacial score (nSPS) is 21.1. The van der Waals surface area contributed by atoms with E-state index in [0.29, 0.717) is 0 Å². The standard InChI is InChI=1S/C6H11N/c1-7-5-6-3-2-4-6/h6H,1-5H2. The third-order valence-electron chi connectivity index (χ3n) is 1.61. The number of hydrogen-bond donors (Lipinski definition) is 0. The summed E-state index contributed by atoms with van der Waals surface area (Å²) in [6.07, 6.45) is 4.19. The molecular weight excluding hydrogens is 86.1 g/mol. The van der Waals surface area contributed by atoms with Gasteiger partial charge in [-0.3, -0.25) is 0 Å². The van der Waals surface area contributed by atoms with E-state index in [1.54, 1.807) is 0 Å². The molecule has 0 amide bonds. The Morgan fingerprint density at radius 1 is 1.57 bits per heavy atom. The average Bonchev–Trinajstić information content (AvgIpc) is 1.55. The highest BCUT2D eigenvalue weighted by molar-refractivity contribution is 5.23. The summed E-state index contributed by atoms with van der Waals surface area (Å²) < 4.78 is 0.